The van der Waals surface area contributed by atoms with Gasteiger partial charge in [0.1, 0.15) is 5.50 Å². The third-order valence-corrected chi connectivity index (χ3v) is 4.53. The monoisotopic (exact) mass is 387 g/mol. The summed E-state index contributed by atoms with van der Waals surface area (Å²) in [5.41, 5.74) is 0.462. The Bertz CT molecular complexity index is 527. The molecule has 0 aliphatic carbocycles. The van der Waals surface area contributed by atoms with Gasteiger partial charge >= 0.3 is 0 Å². The van der Waals surface area contributed by atoms with E-state index in [-0.39, 0.29) is 29.1 Å². The van der Waals surface area contributed by atoms with Crippen LogP contribution in [0.1, 0.15) is 6.42 Å². The Kier molecular flexibility index (Phi) is 6.69. The Hall–Kier alpha value is -1.09. The number of hydrogen-bond acceptors (Lipinski definition) is 5. The van der Waals surface area contributed by atoms with E-state index in [9.17, 15) is 9.59 Å². The second-order valence-electron chi connectivity index (χ2n) is 4.84. The molecule has 0 saturated carbocycles. The largest absolute Gasteiger partial charge is 0.383 e. The molecule has 1 aromatic carbocycles. The van der Waals surface area contributed by atoms with Gasteiger partial charge in [-0.05, 0) is 24.3 Å². The summed E-state index contributed by atoms with van der Waals surface area (Å²) < 4.78 is 6.01. The topological polar surface area (TPSA) is 79.5 Å². The number of carbonyl (C=O) groups excluding carboxylic acids is 2. The first-order chi connectivity index (χ1) is 10.6. The lowest BCUT2D eigenvalue weighted by Gasteiger charge is -2.30. The summed E-state index contributed by atoms with van der Waals surface area (Å²) in [7, 11) is 1.60. The van der Waals surface area contributed by atoms with E-state index >= 15 is 0 Å². The molecule has 1 aliphatic heterocycles. The molecule has 1 heterocycles. The van der Waals surface area contributed by atoms with Gasteiger partial charge in [0.25, 0.3) is 0 Å². The van der Waals surface area contributed by atoms with Gasteiger partial charge in [-0.25, -0.2) is 0 Å². The molecule has 6 nitrogen and oxygen atoms in total. The van der Waals surface area contributed by atoms with Gasteiger partial charge in [-0.3, -0.25) is 14.9 Å². The Morgan fingerprint density at radius 2 is 2.18 bits per heavy atom. The highest BCUT2D eigenvalue weighted by atomic mass is 79.9. The van der Waals surface area contributed by atoms with E-state index in [2.05, 4.69) is 31.9 Å². The van der Waals surface area contributed by atoms with E-state index in [1.807, 2.05) is 24.3 Å². The maximum absolute atomic E-state index is 11.9. The van der Waals surface area contributed by atoms with Crippen molar-refractivity contribution < 1.29 is 14.3 Å². The summed E-state index contributed by atoms with van der Waals surface area (Å²) in [4.78, 5) is 23.5. The fourth-order valence-electron chi connectivity index (χ4n) is 2.03. The van der Waals surface area contributed by atoms with Gasteiger partial charge in [0.2, 0.25) is 11.8 Å². The molecule has 0 bridgehead atoms. The van der Waals surface area contributed by atoms with Crippen LogP contribution in [0.5, 0.6) is 0 Å². The molecule has 3 N–H and O–H groups in total. The van der Waals surface area contributed by atoms with Crippen LogP contribution in [-0.2, 0) is 14.3 Å². The third-order valence-electron chi connectivity index (χ3n) is 2.99. The fourth-order valence-corrected chi connectivity index (χ4v) is 3.19. The number of halogens is 1. The highest BCUT2D eigenvalue weighted by molar-refractivity contribution is 9.10. The normalized spacial score (nSPS) is 21.3. The first kappa shape index (κ1) is 17.3. The average Bonchev–Trinajstić information content (AvgIpc) is 2.47. The molecule has 8 heteroatoms. The molecule has 0 radical (unpaired) electrons. The van der Waals surface area contributed by atoms with Crippen LogP contribution in [0, 0.1) is 0 Å². The number of amides is 2. The minimum absolute atomic E-state index is 0.0224. The van der Waals surface area contributed by atoms with Gasteiger partial charge in [0, 0.05) is 29.7 Å². The van der Waals surface area contributed by atoms with Crippen LogP contribution in [0.25, 0.3) is 0 Å². The summed E-state index contributed by atoms with van der Waals surface area (Å²) in [6.07, 6.45) is 0.385. The summed E-state index contributed by atoms with van der Waals surface area (Å²) >= 11 is 4.68. The zero-order valence-corrected chi connectivity index (χ0v) is 14.5. The van der Waals surface area contributed by atoms with Crippen molar-refractivity contribution in [3.8, 4) is 0 Å². The van der Waals surface area contributed by atoms with Crippen molar-refractivity contribution in [2.45, 2.75) is 18.0 Å². The van der Waals surface area contributed by atoms with E-state index in [1.165, 1.54) is 11.8 Å². The van der Waals surface area contributed by atoms with Gasteiger partial charge < -0.3 is 15.4 Å². The van der Waals surface area contributed by atoms with Crippen LogP contribution in [0.2, 0.25) is 0 Å². The maximum Gasteiger partial charge on any atom is 0.234 e. The Morgan fingerprint density at radius 3 is 2.86 bits per heavy atom. The number of ether oxygens (including phenoxy) is 1. The molecule has 0 aromatic heterocycles. The van der Waals surface area contributed by atoms with Crippen molar-refractivity contribution in [2.24, 2.45) is 0 Å². The standard InChI is InChI=1S/C14H18BrN3O3S/c1-21-7-11-6-12(19)18-14(17-11)22-8-13(20)16-10-4-2-9(15)3-5-10/h2-5,11,14,17H,6-8H2,1H3,(H,16,20)(H,18,19). The minimum Gasteiger partial charge on any atom is -0.383 e. The first-order valence-corrected chi connectivity index (χ1v) is 8.62. The van der Waals surface area contributed by atoms with E-state index in [4.69, 9.17) is 4.74 Å². The lowest BCUT2D eigenvalue weighted by atomic mass is 10.2. The van der Waals surface area contributed by atoms with Gasteiger partial charge in [-0.1, -0.05) is 15.9 Å². The zero-order chi connectivity index (χ0) is 15.9. The van der Waals surface area contributed by atoms with Crippen molar-refractivity contribution >= 4 is 45.2 Å². The molecular weight excluding hydrogens is 370 g/mol. The number of benzene rings is 1. The van der Waals surface area contributed by atoms with E-state index in [1.54, 1.807) is 7.11 Å². The molecule has 1 saturated heterocycles. The molecule has 2 amide bonds. The number of thioether (sulfide) groups is 1. The lowest BCUT2D eigenvalue weighted by molar-refractivity contribution is -0.124. The predicted molar refractivity (Wildman–Crippen MR) is 90.6 cm³/mol. The highest BCUT2D eigenvalue weighted by Crippen LogP contribution is 2.16. The second-order valence-corrected chi connectivity index (χ2v) is 6.85. The summed E-state index contributed by atoms with van der Waals surface area (Å²) in [6.45, 7) is 0.468. The SMILES string of the molecule is COCC1CC(=O)NC(SCC(=O)Nc2ccc(Br)cc2)N1. The van der Waals surface area contributed by atoms with Gasteiger partial charge in [-0.15, -0.1) is 11.8 Å². The predicted octanol–water partition coefficient (Wildman–Crippen LogP) is 1.53. The smallest absolute Gasteiger partial charge is 0.234 e. The number of hydrogen-bond donors (Lipinski definition) is 3. The van der Waals surface area contributed by atoms with Crippen LogP contribution in [0.15, 0.2) is 28.7 Å². The van der Waals surface area contributed by atoms with Crippen molar-refractivity contribution in [3.63, 3.8) is 0 Å². The molecule has 22 heavy (non-hydrogen) atoms. The Labute approximate surface area is 141 Å². The molecular formula is C14H18BrN3O3S. The molecule has 1 fully saturated rings. The van der Waals surface area contributed by atoms with E-state index in [0.29, 0.717) is 13.0 Å². The summed E-state index contributed by atoms with van der Waals surface area (Å²) in [5.74, 6) is 0.0946. The first-order valence-electron chi connectivity index (χ1n) is 6.78. The van der Waals surface area contributed by atoms with Crippen molar-refractivity contribution in [1.29, 1.82) is 0 Å². The molecule has 2 unspecified atom stereocenters. The quantitative estimate of drug-likeness (QED) is 0.689. The summed E-state index contributed by atoms with van der Waals surface area (Å²) in [5, 5.41) is 8.84. The van der Waals surface area contributed by atoms with Crippen molar-refractivity contribution in [1.82, 2.24) is 10.6 Å². The van der Waals surface area contributed by atoms with Crippen LogP contribution < -0.4 is 16.0 Å². The third kappa shape index (κ3) is 5.60. The number of anilines is 1. The number of methoxy groups -OCH3 is 1. The number of rotatable bonds is 6. The average molecular weight is 388 g/mol. The van der Waals surface area contributed by atoms with Crippen LogP contribution in [-0.4, -0.2) is 42.8 Å². The molecule has 2 rings (SSSR count). The maximum atomic E-state index is 11.9. The van der Waals surface area contributed by atoms with Gasteiger partial charge in [0.05, 0.1) is 12.4 Å². The highest BCUT2D eigenvalue weighted by Gasteiger charge is 2.26. The molecule has 0 spiro atoms. The zero-order valence-electron chi connectivity index (χ0n) is 12.1. The van der Waals surface area contributed by atoms with Gasteiger partial charge in [-0.2, -0.15) is 0 Å². The molecule has 120 valence electrons. The molecule has 1 aliphatic rings. The van der Waals surface area contributed by atoms with Crippen molar-refractivity contribution in [2.75, 3.05) is 24.8 Å². The van der Waals surface area contributed by atoms with Crippen molar-refractivity contribution in [3.05, 3.63) is 28.7 Å². The van der Waals surface area contributed by atoms with Gasteiger partial charge in [0.15, 0.2) is 0 Å². The number of nitrogens with one attached hydrogen (secondary N) is 3. The minimum atomic E-state index is -0.280. The molecule has 1 aromatic rings. The Morgan fingerprint density at radius 1 is 1.45 bits per heavy atom. The molecule has 2 atom stereocenters. The van der Waals surface area contributed by atoms with E-state index < -0.39 is 0 Å². The van der Waals surface area contributed by atoms with Crippen LogP contribution in [0.4, 0.5) is 5.69 Å². The summed E-state index contributed by atoms with van der Waals surface area (Å²) in [6, 6.07) is 7.34. The second kappa shape index (κ2) is 8.52. The number of carbonyl (C=O) groups is 2. The van der Waals surface area contributed by atoms with Crippen LogP contribution in [0.3, 0.4) is 0 Å². The Balaban J connectivity index is 1.77. The van der Waals surface area contributed by atoms with Crippen LogP contribution >= 0.6 is 27.7 Å². The lowest BCUT2D eigenvalue weighted by Crippen LogP contribution is -2.56. The fraction of sp³-hybridized carbons (Fsp3) is 0.429. The van der Waals surface area contributed by atoms with E-state index in [0.717, 1.165) is 10.2 Å².